The Labute approximate surface area is 318 Å². The third kappa shape index (κ3) is 4.54. The molecule has 0 N–H and O–H groups in total. The van der Waals surface area contributed by atoms with E-state index in [1.807, 2.05) is 42.5 Å². The van der Waals surface area contributed by atoms with Gasteiger partial charge in [-0.3, -0.25) is 4.57 Å². The van der Waals surface area contributed by atoms with Gasteiger partial charge < -0.3 is 4.74 Å². The number of nitriles is 1. The summed E-state index contributed by atoms with van der Waals surface area (Å²) in [5.74, 6) is 2.56. The molecule has 0 unspecified atom stereocenters. The van der Waals surface area contributed by atoms with Crippen LogP contribution < -0.4 is 4.74 Å². The van der Waals surface area contributed by atoms with Crippen molar-refractivity contribution in [1.82, 2.24) is 9.55 Å². The van der Waals surface area contributed by atoms with E-state index in [4.69, 9.17) is 9.72 Å². The molecular formula is C51H31N3O. The number of rotatable bonds is 4. The highest BCUT2D eigenvalue weighted by Crippen LogP contribution is 2.63. The summed E-state index contributed by atoms with van der Waals surface area (Å²) in [7, 11) is 0. The lowest BCUT2D eigenvalue weighted by Crippen LogP contribution is -2.32. The third-order valence-corrected chi connectivity index (χ3v) is 11.3. The van der Waals surface area contributed by atoms with Crippen molar-refractivity contribution in [3.63, 3.8) is 0 Å². The molecule has 0 saturated heterocycles. The van der Waals surface area contributed by atoms with Gasteiger partial charge in [-0.1, -0.05) is 133 Å². The predicted molar refractivity (Wildman–Crippen MR) is 219 cm³/mol. The minimum absolute atomic E-state index is 0.616. The fourth-order valence-electron chi connectivity index (χ4n) is 8.93. The second-order valence-corrected chi connectivity index (χ2v) is 14.2. The summed E-state index contributed by atoms with van der Waals surface area (Å²) in [5.41, 5.74) is 15.4. The zero-order valence-corrected chi connectivity index (χ0v) is 29.6. The van der Waals surface area contributed by atoms with E-state index in [0.717, 1.165) is 73.0 Å². The lowest BCUT2D eigenvalue weighted by molar-refractivity contribution is 0.438. The van der Waals surface area contributed by atoms with Crippen molar-refractivity contribution in [3.8, 4) is 68.0 Å². The van der Waals surface area contributed by atoms with Gasteiger partial charge in [0.25, 0.3) is 0 Å². The Morgan fingerprint density at radius 1 is 0.491 bits per heavy atom. The minimum Gasteiger partial charge on any atom is -0.456 e. The van der Waals surface area contributed by atoms with Crippen molar-refractivity contribution in [2.45, 2.75) is 5.41 Å². The number of fused-ring (bicyclic) bond motifs is 10. The summed E-state index contributed by atoms with van der Waals surface area (Å²) >= 11 is 0. The number of para-hydroxylation sites is 4. The van der Waals surface area contributed by atoms with E-state index in [2.05, 4.69) is 156 Å². The van der Waals surface area contributed by atoms with Gasteiger partial charge in [0.05, 0.1) is 28.1 Å². The minimum atomic E-state index is -0.616. The Morgan fingerprint density at radius 2 is 1.09 bits per heavy atom. The second-order valence-electron chi connectivity index (χ2n) is 14.2. The van der Waals surface area contributed by atoms with Crippen LogP contribution in [0.1, 0.15) is 27.8 Å². The number of ether oxygens (including phenoxy) is 1. The highest BCUT2D eigenvalue weighted by molar-refractivity contribution is 5.92. The van der Waals surface area contributed by atoms with Gasteiger partial charge in [-0.05, 0) is 93.5 Å². The van der Waals surface area contributed by atoms with Crippen molar-refractivity contribution in [2.24, 2.45) is 0 Å². The maximum absolute atomic E-state index is 9.67. The van der Waals surface area contributed by atoms with Crippen molar-refractivity contribution >= 4 is 11.0 Å². The van der Waals surface area contributed by atoms with E-state index in [1.54, 1.807) is 0 Å². The van der Waals surface area contributed by atoms with E-state index < -0.39 is 5.41 Å². The van der Waals surface area contributed by atoms with E-state index in [9.17, 15) is 5.26 Å². The zero-order chi connectivity index (χ0) is 36.5. The van der Waals surface area contributed by atoms with Crippen LogP contribution >= 0.6 is 0 Å². The van der Waals surface area contributed by atoms with E-state index >= 15 is 0 Å². The van der Waals surface area contributed by atoms with Crippen molar-refractivity contribution < 1.29 is 4.74 Å². The molecule has 4 heteroatoms. The lowest BCUT2D eigenvalue weighted by atomic mass is 9.65. The molecule has 2 heterocycles. The molecule has 1 aliphatic heterocycles. The number of imidazole rings is 1. The third-order valence-electron chi connectivity index (χ3n) is 11.3. The van der Waals surface area contributed by atoms with Crippen LogP contribution in [0.2, 0.25) is 0 Å². The molecule has 0 saturated carbocycles. The van der Waals surface area contributed by atoms with Crippen molar-refractivity contribution in [2.75, 3.05) is 0 Å². The molecule has 1 spiro atoms. The molecule has 0 atom stereocenters. The van der Waals surface area contributed by atoms with Gasteiger partial charge >= 0.3 is 0 Å². The van der Waals surface area contributed by atoms with Gasteiger partial charge in [0, 0.05) is 27.9 Å². The second kappa shape index (κ2) is 12.0. The summed E-state index contributed by atoms with van der Waals surface area (Å²) in [6.07, 6.45) is 0. The first-order valence-corrected chi connectivity index (χ1v) is 18.5. The van der Waals surface area contributed by atoms with Crippen molar-refractivity contribution in [3.05, 3.63) is 216 Å². The van der Waals surface area contributed by atoms with Crippen LogP contribution in [0.15, 0.2) is 188 Å². The molecule has 0 amide bonds. The van der Waals surface area contributed by atoms with Crippen molar-refractivity contribution in [1.29, 1.82) is 5.26 Å². The highest BCUT2D eigenvalue weighted by Gasteiger charge is 2.51. The number of aromatic nitrogens is 2. The molecule has 2 aliphatic rings. The first-order valence-electron chi connectivity index (χ1n) is 18.5. The van der Waals surface area contributed by atoms with Gasteiger partial charge in [-0.25, -0.2) is 4.98 Å². The topological polar surface area (TPSA) is 50.8 Å². The molecule has 8 aromatic carbocycles. The Balaban J connectivity index is 1.16. The molecule has 11 rings (SSSR count). The summed E-state index contributed by atoms with van der Waals surface area (Å²) in [4.78, 5) is 5.12. The lowest BCUT2D eigenvalue weighted by Gasteiger charge is -2.40. The summed E-state index contributed by atoms with van der Waals surface area (Å²) in [5, 5.41) is 9.67. The molecule has 0 fully saturated rings. The number of hydrogen-bond acceptors (Lipinski definition) is 3. The summed E-state index contributed by atoms with van der Waals surface area (Å²) < 4.78 is 9.25. The number of benzene rings is 8. The summed E-state index contributed by atoms with van der Waals surface area (Å²) in [6.45, 7) is 0. The van der Waals surface area contributed by atoms with Crippen LogP contribution in [0.5, 0.6) is 11.5 Å². The van der Waals surface area contributed by atoms with Crippen LogP contribution in [0.25, 0.3) is 61.5 Å². The van der Waals surface area contributed by atoms with Gasteiger partial charge in [-0.2, -0.15) is 5.26 Å². The highest BCUT2D eigenvalue weighted by atomic mass is 16.5. The van der Waals surface area contributed by atoms with Gasteiger partial charge in [0.15, 0.2) is 0 Å². The monoisotopic (exact) mass is 701 g/mol. The molecule has 9 aromatic rings. The van der Waals surface area contributed by atoms with Gasteiger partial charge in [0.2, 0.25) is 0 Å². The molecule has 55 heavy (non-hydrogen) atoms. The molecule has 4 nitrogen and oxygen atoms in total. The molecular weight excluding hydrogens is 671 g/mol. The van der Waals surface area contributed by atoms with Gasteiger partial charge in [-0.15, -0.1) is 0 Å². The maximum atomic E-state index is 9.67. The van der Waals surface area contributed by atoms with E-state index in [1.165, 1.54) is 22.3 Å². The largest absolute Gasteiger partial charge is 0.456 e. The van der Waals surface area contributed by atoms with E-state index in [0.29, 0.717) is 5.56 Å². The van der Waals surface area contributed by atoms with Crippen LogP contribution in [-0.2, 0) is 5.41 Å². The zero-order valence-electron chi connectivity index (χ0n) is 29.6. The fraction of sp³-hybridized carbons (Fsp3) is 0.0196. The Morgan fingerprint density at radius 3 is 1.82 bits per heavy atom. The molecule has 0 radical (unpaired) electrons. The Hall–Kier alpha value is -7.48. The van der Waals surface area contributed by atoms with Crippen LogP contribution in [0.4, 0.5) is 0 Å². The molecule has 256 valence electrons. The van der Waals surface area contributed by atoms with Crippen LogP contribution in [0.3, 0.4) is 0 Å². The predicted octanol–water partition coefficient (Wildman–Crippen LogP) is 12.4. The fourth-order valence-corrected chi connectivity index (χ4v) is 8.93. The molecule has 0 bridgehead atoms. The average molecular weight is 702 g/mol. The number of nitrogens with zero attached hydrogens (tertiary/aromatic N) is 3. The van der Waals surface area contributed by atoms with Gasteiger partial charge in [0.1, 0.15) is 17.3 Å². The smallest absolute Gasteiger partial charge is 0.145 e. The molecule has 1 aromatic heterocycles. The summed E-state index contributed by atoms with van der Waals surface area (Å²) in [6, 6.07) is 68.2. The average Bonchev–Trinajstić information content (AvgIpc) is 3.79. The normalized spacial score (nSPS) is 13.0. The SMILES string of the molecule is N#Cc1ccc(-c2cc(-c3ccc(-c4nc5ccccc5n4-c4ccccc4)cc3)cc3c2Oc2ccccc2C32c3ccccc3-c3ccccc32)cc1. The quantitative estimate of drug-likeness (QED) is 0.184. The Bertz CT molecular complexity index is 2960. The standard InChI is InChI=1S/C51H31N3O/c52-32-33-22-24-35(25-23-33)41-30-37(34-26-28-36(29-27-34)50-53-46-19-9-10-20-47(46)54(50)38-12-2-1-3-13-38)31-45-49(41)55-48-21-11-8-18-44(48)51(45)42-16-6-4-14-39(42)40-15-5-7-17-43(40)51/h1-31H. The Kier molecular flexibility index (Phi) is 6.80. The number of hydrogen-bond donors (Lipinski definition) is 0. The van der Waals surface area contributed by atoms with Crippen LogP contribution in [-0.4, -0.2) is 9.55 Å². The van der Waals surface area contributed by atoms with E-state index in [-0.39, 0.29) is 0 Å². The maximum Gasteiger partial charge on any atom is 0.145 e. The van der Waals surface area contributed by atoms with Crippen LogP contribution in [0, 0.1) is 11.3 Å². The first-order chi connectivity index (χ1) is 27.2. The first kappa shape index (κ1) is 31.1. The molecule has 1 aliphatic carbocycles.